The second-order valence-corrected chi connectivity index (χ2v) is 8.73. The van der Waals surface area contributed by atoms with Crippen LogP contribution in [0.3, 0.4) is 0 Å². The lowest BCUT2D eigenvalue weighted by Gasteiger charge is -2.24. The summed E-state index contributed by atoms with van der Waals surface area (Å²) in [5.41, 5.74) is 0.818. The third-order valence-electron chi connectivity index (χ3n) is 4.90. The minimum atomic E-state index is -3.71. The van der Waals surface area contributed by atoms with Crippen molar-refractivity contribution in [3.63, 3.8) is 0 Å². The molecule has 2 heterocycles. The maximum atomic E-state index is 13.0. The average Bonchev–Trinajstić information content (AvgIpc) is 3.26. The highest BCUT2D eigenvalue weighted by atomic mass is 32.2. The molecule has 0 radical (unpaired) electrons. The van der Waals surface area contributed by atoms with E-state index in [1.807, 2.05) is 0 Å². The number of hydrogen-bond donors (Lipinski definition) is 2. The molecule has 2 aromatic rings. The average molecular weight is 433 g/mol. The summed E-state index contributed by atoms with van der Waals surface area (Å²) in [5, 5.41) is 5.07. The zero-order chi connectivity index (χ0) is 21.6. The lowest BCUT2D eigenvalue weighted by molar-refractivity contribution is -0.139. The fourth-order valence-corrected chi connectivity index (χ4v) is 4.96. The quantitative estimate of drug-likeness (QED) is 0.621. The number of carbonyl (C=O) groups excluding carboxylic acids is 2. The SMILES string of the molecule is COc1ccc(S(=O)(=O)N2CCC[C@H]2CNC(=O)C(=O)NCc2ccncc2)cc1. The Morgan fingerprint density at radius 3 is 2.43 bits per heavy atom. The van der Waals surface area contributed by atoms with Crippen molar-refractivity contribution in [3.8, 4) is 5.75 Å². The molecule has 1 aromatic carbocycles. The van der Waals surface area contributed by atoms with Gasteiger partial charge in [-0.05, 0) is 54.8 Å². The van der Waals surface area contributed by atoms with Crippen LogP contribution in [0.2, 0.25) is 0 Å². The molecule has 0 spiro atoms. The summed E-state index contributed by atoms with van der Waals surface area (Å²) < 4.78 is 32.4. The number of amides is 2. The smallest absolute Gasteiger partial charge is 0.309 e. The van der Waals surface area contributed by atoms with Gasteiger partial charge in [0.15, 0.2) is 0 Å². The molecule has 1 saturated heterocycles. The molecular weight excluding hydrogens is 408 g/mol. The Morgan fingerprint density at radius 1 is 1.10 bits per heavy atom. The van der Waals surface area contributed by atoms with Gasteiger partial charge in [-0.2, -0.15) is 4.31 Å². The first-order chi connectivity index (χ1) is 14.4. The van der Waals surface area contributed by atoms with Crippen molar-refractivity contribution < 1.29 is 22.7 Å². The van der Waals surface area contributed by atoms with Gasteiger partial charge in [0.05, 0.1) is 12.0 Å². The van der Waals surface area contributed by atoms with Gasteiger partial charge in [-0.1, -0.05) is 0 Å². The molecule has 0 bridgehead atoms. The predicted molar refractivity (Wildman–Crippen MR) is 109 cm³/mol. The minimum Gasteiger partial charge on any atom is -0.497 e. The van der Waals surface area contributed by atoms with E-state index in [4.69, 9.17) is 4.74 Å². The number of ether oxygens (including phenoxy) is 1. The van der Waals surface area contributed by atoms with Gasteiger partial charge in [0, 0.05) is 38.1 Å². The van der Waals surface area contributed by atoms with Crippen LogP contribution < -0.4 is 15.4 Å². The molecule has 1 aliphatic heterocycles. The van der Waals surface area contributed by atoms with Gasteiger partial charge >= 0.3 is 11.8 Å². The summed E-state index contributed by atoms with van der Waals surface area (Å²) >= 11 is 0. The van der Waals surface area contributed by atoms with E-state index in [1.165, 1.54) is 23.5 Å². The van der Waals surface area contributed by atoms with Crippen LogP contribution >= 0.6 is 0 Å². The molecule has 1 aliphatic rings. The van der Waals surface area contributed by atoms with Crippen LogP contribution in [0, 0.1) is 0 Å². The topological polar surface area (TPSA) is 118 Å². The second-order valence-electron chi connectivity index (χ2n) is 6.84. The Labute approximate surface area is 175 Å². The van der Waals surface area contributed by atoms with Crippen molar-refractivity contribution in [1.82, 2.24) is 19.9 Å². The predicted octanol–water partition coefficient (Wildman–Crippen LogP) is 0.676. The Hall–Kier alpha value is -2.98. The summed E-state index contributed by atoms with van der Waals surface area (Å²) in [4.78, 5) is 28.1. The number of methoxy groups -OCH3 is 1. The summed E-state index contributed by atoms with van der Waals surface area (Å²) in [6.07, 6.45) is 4.48. The minimum absolute atomic E-state index is 0.0664. The monoisotopic (exact) mass is 432 g/mol. The van der Waals surface area contributed by atoms with Crippen molar-refractivity contribution in [2.75, 3.05) is 20.2 Å². The summed E-state index contributed by atoms with van der Waals surface area (Å²) in [6, 6.07) is 9.23. The molecule has 1 atom stereocenters. The first-order valence-electron chi connectivity index (χ1n) is 9.52. The van der Waals surface area contributed by atoms with E-state index < -0.39 is 27.9 Å². The molecule has 1 aromatic heterocycles. The molecule has 3 rings (SSSR count). The summed E-state index contributed by atoms with van der Waals surface area (Å²) in [5.74, 6) is -0.996. The number of hydrogen-bond acceptors (Lipinski definition) is 6. The number of rotatable bonds is 7. The zero-order valence-electron chi connectivity index (χ0n) is 16.6. The van der Waals surface area contributed by atoms with Crippen molar-refractivity contribution in [2.45, 2.75) is 30.3 Å². The van der Waals surface area contributed by atoms with Gasteiger partial charge in [0.1, 0.15) is 5.75 Å². The van der Waals surface area contributed by atoms with Gasteiger partial charge in [-0.15, -0.1) is 0 Å². The Kier molecular flexibility index (Phi) is 7.01. The first kappa shape index (κ1) is 21.7. The molecule has 1 fully saturated rings. The molecule has 2 amide bonds. The van der Waals surface area contributed by atoms with E-state index >= 15 is 0 Å². The number of aromatic nitrogens is 1. The summed E-state index contributed by atoms with van der Waals surface area (Å²) in [6.45, 7) is 0.635. The zero-order valence-corrected chi connectivity index (χ0v) is 17.4. The highest BCUT2D eigenvalue weighted by Crippen LogP contribution is 2.26. The highest BCUT2D eigenvalue weighted by molar-refractivity contribution is 7.89. The number of sulfonamides is 1. The fraction of sp³-hybridized carbons (Fsp3) is 0.350. The van der Waals surface area contributed by atoms with E-state index in [1.54, 1.807) is 36.7 Å². The fourth-order valence-electron chi connectivity index (χ4n) is 3.27. The van der Waals surface area contributed by atoms with Crippen LogP contribution in [0.1, 0.15) is 18.4 Å². The Bertz CT molecular complexity index is 980. The van der Waals surface area contributed by atoms with Gasteiger partial charge < -0.3 is 15.4 Å². The van der Waals surface area contributed by atoms with Crippen molar-refractivity contribution in [2.24, 2.45) is 0 Å². The molecule has 2 N–H and O–H groups in total. The van der Waals surface area contributed by atoms with E-state index in [0.717, 1.165) is 5.56 Å². The van der Waals surface area contributed by atoms with Crippen molar-refractivity contribution in [1.29, 1.82) is 0 Å². The van der Waals surface area contributed by atoms with Crippen LogP contribution in [0.25, 0.3) is 0 Å². The van der Waals surface area contributed by atoms with Gasteiger partial charge in [0.2, 0.25) is 10.0 Å². The molecule has 160 valence electrons. The van der Waals surface area contributed by atoms with E-state index in [9.17, 15) is 18.0 Å². The Morgan fingerprint density at radius 2 is 1.77 bits per heavy atom. The maximum Gasteiger partial charge on any atom is 0.309 e. The molecule has 0 saturated carbocycles. The first-order valence-corrected chi connectivity index (χ1v) is 11.0. The molecule has 0 aliphatic carbocycles. The lowest BCUT2D eigenvalue weighted by Crippen LogP contribution is -2.46. The van der Waals surface area contributed by atoms with E-state index in [0.29, 0.717) is 25.1 Å². The van der Waals surface area contributed by atoms with Gasteiger partial charge in [0.25, 0.3) is 0 Å². The van der Waals surface area contributed by atoms with Crippen molar-refractivity contribution in [3.05, 3.63) is 54.4 Å². The van der Waals surface area contributed by atoms with Crippen LogP contribution in [0.5, 0.6) is 5.75 Å². The number of pyridine rings is 1. The normalized spacial score (nSPS) is 16.8. The van der Waals surface area contributed by atoms with E-state index in [2.05, 4.69) is 15.6 Å². The van der Waals surface area contributed by atoms with Gasteiger partial charge in [-0.25, -0.2) is 8.42 Å². The van der Waals surface area contributed by atoms with E-state index in [-0.39, 0.29) is 18.0 Å². The number of nitrogens with zero attached hydrogens (tertiary/aromatic N) is 2. The number of benzene rings is 1. The molecule has 0 unspecified atom stereocenters. The van der Waals surface area contributed by atoms with Crippen LogP contribution in [-0.2, 0) is 26.2 Å². The third-order valence-corrected chi connectivity index (χ3v) is 6.86. The van der Waals surface area contributed by atoms with Crippen molar-refractivity contribution >= 4 is 21.8 Å². The standard InChI is InChI=1S/C20H24N4O5S/c1-29-17-4-6-18(7-5-17)30(27,28)24-12-2-3-16(24)14-23-20(26)19(25)22-13-15-8-10-21-11-9-15/h4-11,16H,2-3,12-14H2,1H3,(H,22,25)(H,23,26)/t16-/m0/s1. The number of nitrogens with one attached hydrogen (secondary N) is 2. The van der Waals surface area contributed by atoms with Crippen LogP contribution in [-0.4, -0.2) is 55.8 Å². The largest absolute Gasteiger partial charge is 0.497 e. The molecule has 10 heteroatoms. The molecule has 30 heavy (non-hydrogen) atoms. The third kappa shape index (κ3) is 5.14. The molecule has 9 nitrogen and oxygen atoms in total. The van der Waals surface area contributed by atoms with Crippen LogP contribution in [0.15, 0.2) is 53.7 Å². The number of carbonyl (C=O) groups is 2. The van der Waals surface area contributed by atoms with Gasteiger partial charge in [-0.3, -0.25) is 14.6 Å². The summed E-state index contributed by atoms with van der Waals surface area (Å²) in [7, 11) is -2.20. The lowest BCUT2D eigenvalue weighted by atomic mass is 10.2. The Balaban J connectivity index is 1.56. The molecular formula is C20H24N4O5S. The highest BCUT2D eigenvalue weighted by Gasteiger charge is 2.35. The second kappa shape index (κ2) is 9.68. The van der Waals surface area contributed by atoms with Crippen LogP contribution in [0.4, 0.5) is 0 Å². The maximum absolute atomic E-state index is 13.0.